The van der Waals surface area contributed by atoms with Gasteiger partial charge >= 0.3 is 5.91 Å². The van der Waals surface area contributed by atoms with Crippen LogP contribution in [0.3, 0.4) is 0 Å². The van der Waals surface area contributed by atoms with E-state index in [-0.39, 0.29) is 5.76 Å². The number of amides is 1. The number of furan rings is 1. The first-order valence-corrected chi connectivity index (χ1v) is 7.62. The van der Waals surface area contributed by atoms with E-state index >= 15 is 0 Å². The molecule has 1 aromatic carbocycles. The van der Waals surface area contributed by atoms with E-state index in [0.717, 1.165) is 11.1 Å². The molecule has 0 spiro atoms. The molecule has 0 aliphatic heterocycles. The molecule has 0 aliphatic rings. The first-order valence-electron chi connectivity index (χ1n) is 6.83. The van der Waals surface area contributed by atoms with E-state index in [2.05, 4.69) is 31.4 Å². The minimum Gasteiger partial charge on any atom is -0.444 e. The maximum absolute atomic E-state index is 12.1. The van der Waals surface area contributed by atoms with E-state index in [4.69, 9.17) is 4.42 Å². The summed E-state index contributed by atoms with van der Waals surface area (Å²) >= 11 is 3.16. The van der Waals surface area contributed by atoms with Crippen molar-refractivity contribution in [3.63, 3.8) is 0 Å². The normalized spacial score (nSPS) is 11.3. The predicted molar refractivity (Wildman–Crippen MR) is 90.2 cm³/mol. The van der Waals surface area contributed by atoms with Gasteiger partial charge in [-0.1, -0.05) is 30.3 Å². The van der Waals surface area contributed by atoms with E-state index in [9.17, 15) is 4.79 Å². The fraction of sp³-hybridized carbons (Fsp3) is 0. The summed E-state index contributed by atoms with van der Waals surface area (Å²) in [5.74, 6) is -0.243. The molecule has 3 aromatic rings. The molecule has 3 rings (SSSR count). The van der Waals surface area contributed by atoms with Gasteiger partial charge in [0.05, 0.1) is 5.71 Å². The van der Waals surface area contributed by atoms with Gasteiger partial charge in [0.1, 0.15) is 0 Å². The number of hydrogen-bond acceptors (Lipinski definition) is 4. The summed E-state index contributed by atoms with van der Waals surface area (Å²) in [6.07, 6.45) is 3.38. The molecule has 0 bridgehead atoms. The molecular weight excluding hydrogens is 358 g/mol. The van der Waals surface area contributed by atoms with Crippen molar-refractivity contribution in [2.75, 3.05) is 0 Å². The first-order chi connectivity index (χ1) is 11.2. The third kappa shape index (κ3) is 3.73. The molecule has 2 aromatic heterocycles. The summed E-state index contributed by atoms with van der Waals surface area (Å²) in [6, 6.07) is 16.5. The van der Waals surface area contributed by atoms with Gasteiger partial charge in [0.2, 0.25) is 0 Å². The Morgan fingerprint density at radius 3 is 2.48 bits per heavy atom. The van der Waals surface area contributed by atoms with Gasteiger partial charge < -0.3 is 4.42 Å². The van der Waals surface area contributed by atoms with Crippen molar-refractivity contribution in [1.29, 1.82) is 0 Å². The molecule has 6 heteroatoms. The van der Waals surface area contributed by atoms with E-state index in [1.165, 1.54) is 0 Å². The van der Waals surface area contributed by atoms with Crippen LogP contribution in [0.15, 0.2) is 81.2 Å². The zero-order chi connectivity index (χ0) is 16.1. The van der Waals surface area contributed by atoms with Gasteiger partial charge in [0.15, 0.2) is 10.4 Å². The van der Waals surface area contributed by atoms with Gasteiger partial charge in [-0.25, -0.2) is 5.43 Å². The molecule has 0 fully saturated rings. The summed E-state index contributed by atoms with van der Waals surface area (Å²) in [5, 5.41) is 4.25. The highest BCUT2D eigenvalue weighted by Crippen LogP contribution is 2.14. The Morgan fingerprint density at radius 1 is 1.04 bits per heavy atom. The summed E-state index contributed by atoms with van der Waals surface area (Å²) in [7, 11) is 0. The molecule has 23 heavy (non-hydrogen) atoms. The Kier molecular flexibility index (Phi) is 4.63. The number of rotatable bonds is 4. The molecule has 5 nitrogen and oxygen atoms in total. The van der Waals surface area contributed by atoms with E-state index in [0.29, 0.717) is 10.4 Å². The van der Waals surface area contributed by atoms with Crippen molar-refractivity contribution in [2.45, 2.75) is 0 Å². The van der Waals surface area contributed by atoms with Crippen LogP contribution in [0.1, 0.15) is 21.7 Å². The Balaban J connectivity index is 1.91. The lowest BCUT2D eigenvalue weighted by atomic mass is 10.0. The smallest absolute Gasteiger partial charge is 0.307 e. The largest absolute Gasteiger partial charge is 0.444 e. The standard InChI is InChI=1S/C17H12BrN3O2/c18-15-9-8-14(23-15)17(22)21-20-16(12-5-2-1-3-6-12)13-7-4-10-19-11-13/h1-11H,(H,21,22)/b20-16+. The second-order valence-corrected chi connectivity index (χ2v) is 5.39. The summed E-state index contributed by atoms with van der Waals surface area (Å²) in [5.41, 5.74) is 4.82. The van der Waals surface area contributed by atoms with Crippen LogP contribution in [0.25, 0.3) is 0 Å². The molecule has 0 aliphatic carbocycles. The lowest BCUT2D eigenvalue weighted by molar-refractivity contribution is 0.0926. The van der Waals surface area contributed by atoms with Crippen LogP contribution in [-0.4, -0.2) is 16.6 Å². The number of hydrazone groups is 1. The number of hydrogen-bond donors (Lipinski definition) is 1. The van der Waals surface area contributed by atoms with Crippen LogP contribution >= 0.6 is 15.9 Å². The topological polar surface area (TPSA) is 67.5 Å². The highest BCUT2D eigenvalue weighted by molar-refractivity contribution is 9.10. The molecule has 0 unspecified atom stereocenters. The number of carbonyl (C=O) groups excluding carboxylic acids is 1. The van der Waals surface area contributed by atoms with Gasteiger partial charge in [-0.3, -0.25) is 9.78 Å². The van der Waals surface area contributed by atoms with Gasteiger partial charge in [-0.15, -0.1) is 0 Å². The first kappa shape index (κ1) is 15.2. The maximum Gasteiger partial charge on any atom is 0.307 e. The number of pyridine rings is 1. The summed E-state index contributed by atoms with van der Waals surface area (Å²) in [4.78, 5) is 16.2. The van der Waals surface area contributed by atoms with Crippen LogP contribution in [0.2, 0.25) is 0 Å². The van der Waals surface area contributed by atoms with E-state index < -0.39 is 5.91 Å². The number of aromatic nitrogens is 1. The molecule has 0 saturated heterocycles. The highest BCUT2D eigenvalue weighted by Gasteiger charge is 2.12. The number of nitrogens with zero attached hydrogens (tertiary/aromatic N) is 2. The SMILES string of the molecule is O=C(N/N=C(\c1ccccc1)c1cccnc1)c1ccc(Br)o1. The van der Waals surface area contributed by atoms with Gasteiger partial charge in [0.25, 0.3) is 0 Å². The van der Waals surface area contributed by atoms with Crippen molar-refractivity contribution in [3.05, 3.63) is 88.5 Å². The lowest BCUT2D eigenvalue weighted by Gasteiger charge is -2.07. The summed E-state index contributed by atoms with van der Waals surface area (Å²) in [6.45, 7) is 0. The number of benzene rings is 1. The zero-order valence-electron chi connectivity index (χ0n) is 11.9. The summed E-state index contributed by atoms with van der Waals surface area (Å²) < 4.78 is 5.70. The molecule has 1 amide bonds. The van der Waals surface area contributed by atoms with Gasteiger partial charge in [-0.2, -0.15) is 5.10 Å². The van der Waals surface area contributed by atoms with Crippen LogP contribution in [-0.2, 0) is 0 Å². The molecule has 0 radical (unpaired) electrons. The average molecular weight is 370 g/mol. The van der Waals surface area contributed by atoms with Crippen molar-refractivity contribution in [3.8, 4) is 0 Å². The lowest BCUT2D eigenvalue weighted by Crippen LogP contribution is -2.20. The average Bonchev–Trinajstić information content (AvgIpc) is 3.03. The minimum absolute atomic E-state index is 0.180. The number of nitrogens with one attached hydrogen (secondary N) is 1. The van der Waals surface area contributed by atoms with Crippen molar-refractivity contribution >= 4 is 27.5 Å². The Hall–Kier alpha value is -2.73. The van der Waals surface area contributed by atoms with E-state index in [1.807, 2.05) is 42.5 Å². The van der Waals surface area contributed by atoms with Gasteiger partial charge in [-0.05, 0) is 40.2 Å². The molecule has 0 saturated carbocycles. The quantitative estimate of drug-likeness (QED) is 0.564. The Labute approximate surface area is 141 Å². The zero-order valence-corrected chi connectivity index (χ0v) is 13.5. The molecule has 2 heterocycles. The van der Waals surface area contributed by atoms with Crippen LogP contribution in [0, 0.1) is 0 Å². The van der Waals surface area contributed by atoms with Crippen LogP contribution < -0.4 is 5.43 Å². The van der Waals surface area contributed by atoms with Crippen LogP contribution in [0.4, 0.5) is 0 Å². The fourth-order valence-electron chi connectivity index (χ4n) is 1.99. The third-order valence-electron chi connectivity index (χ3n) is 3.05. The van der Waals surface area contributed by atoms with E-state index in [1.54, 1.807) is 24.5 Å². The minimum atomic E-state index is -0.423. The number of carbonyl (C=O) groups is 1. The predicted octanol–water partition coefficient (Wildman–Crippen LogP) is 3.62. The number of halogens is 1. The second-order valence-electron chi connectivity index (χ2n) is 4.61. The molecule has 0 atom stereocenters. The van der Waals surface area contributed by atoms with Gasteiger partial charge in [0, 0.05) is 23.5 Å². The second kappa shape index (κ2) is 7.02. The molecule has 114 valence electrons. The van der Waals surface area contributed by atoms with Crippen LogP contribution in [0.5, 0.6) is 0 Å². The van der Waals surface area contributed by atoms with Crippen molar-refractivity contribution in [2.24, 2.45) is 5.10 Å². The van der Waals surface area contributed by atoms with Crippen molar-refractivity contribution < 1.29 is 9.21 Å². The van der Waals surface area contributed by atoms with Crippen molar-refractivity contribution in [1.82, 2.24) is 10.4 Å². The maximum atomic E-state index is 12.1. The third-order valence-corrected chi connectivity index (χ3v) is 3.47. The molecule has 1 N–H and O–H groups in total. The highest BCUT2D eigenvalue weighted by atomic mass is 79.9. The Morgan fingerprint density at radius 2 is 1.83 bits per heavy atom. The molecular formula is C17H12BrN3O2. The Bertz CT molecular complexity index is 788. The monoisotopic (exact) mass is 369 g/mol. The fourth-order valence-corrected chi connectivity index (χ4v) is 2.30.